The average Bonchev–Trinajstić information content (AvgIpc) is 2.69. The fourth-order valence-electron chi connectivity index (χ4n) is 1.55. The van der Waals surface area contributed by atoms with Gasteiger partial charge in [0, 0.05) is 5.56 Å². The van der Waals surface area contributed by atoms with Gasteiger partial charge < -0.3 is 10.1 Å². The van der Waals surface area contributed by atoms with Crippen LogP contribution in [-0.4, -0.2) is 15.1 Å². The van der Waals surface area contributed by atoms with Crippen LogP contribution in [0.4, 0.5) is 22.0 Å². The van der Waals surface area contributed by atoms with E-state index in [1.165, 1.54) is 0 Å². The molecule has 2 N–H and O–H groups in total. The number of nitrogens with one attached hydrogen (secondary N) is 1. The summed E-state index contributed by atoms with van der Waals surface area (Å²) in [5, 5.41) is 8.86. The lowest BCUT2D eigenvalue weighted by Crippen LogP contribution is -2.14. The highest BCUT2D eigenvalue weighted by atomic mass is 19.4. The summed E-state index contributed by atoms with van der Waals surface area (Å²) in [6.45, 7) is -1.11. The molecule has 91 valence electrons. The Kier molecular flexibility index (Phi) is 2.53. The first-order valence-electron chi connectivity index (χ1n) is 4.31. The molecule has 1 radical (unpaired) electrons. The van der Waals surface area contributed by atoms with Gasteiger partial charge in [0.1, 0.15) is 11.1 Å². The zero-order valence-corrected chi connectivity index (χ0v) is 7.99. The van der Waals surface area contributed by atoms with E-state index in [1.54, 1.807) is 0 Å². The molecule has 0 unspecified atom stereocenters. The van der Waals surface area contributed by atoms with E-state index >= 15 is 0 Å². The maximum atomic E-state index is 13.3. The minimum absolute atomic E-state index is 0.487. The van der Waals surface area contributed by atoms with E-state index in [9.17, 15) is 22.0 Å². The minimum atomic E-state index is -5.11. The van der Waals surface area contributed by atoms with E-state index in [2.05, 4.69) is 9.97 Å². The SMILES string of the molecule is OCc1c(C(F)(F)F)c(F)c(F)c2[nH][c]nc12. The summed E-state index contributed by atoms with van der Waals surface area (Å²) in [7, 11) is 0. The van der Waals surface area contributed by atoms with Crippen LogP contribution in [0.5, 0.6) is 0 Å². The molecule has 3 nitrogen and oxygen atoms in total. The molecule has 0 spiro atoms. The summed E-state index contributed by atoms with van der Waals surface area (Å²) in [5.74, 6) is -3.76. The van der Waals surface area contributed by atoms with Crippen LogP contribution in [0, 0.1) is 18.0 Å². The van der Waals surface area contributed by atoms with Gasteiger partial charge in [-0.3, -0.25) is 0 Å². The van der Waals surface area contributed by atoms with Gasteiger partial charge in [-0.15, -0.1) is 0 Å². The summed E-state index contributed by atoms with van der Waals surface area (Å²) < 4.78 is 64.2. The number of halogens is 5. The smallest absolute Gasteiger partial charge is 0.392 e. The predicted octanol–water partition coefficient (Wildman–Crippen LogP) is 2.15. The monoisotopic (exact) mass is 251 g/mol. The van der Waals surface area contributed by atoms with E-state index in [0.29, 0.717) is 0 Å². The Hall–Kier alpha value is -1.70. The van der Waals surface area contributed by atoms with Crippen molar-refractivity contribution >= 4 is 11.0 Å². The first-order valence-corrected chi connectivity index (χ1v) is 4.31. The fourth-order valence-corrected chi connectivity index (χ4v) is 1.55. The number of benzene rings is 1. The van der Waals surface area contributed by atoms with E-state index in [4.69, 9.17) is 5.11 Å². The number of aliphatic hydroxyl groups is 1. The Bertz CT molecular complexity index is 575. The van der Waals surface area contributed by atoms with E-state index in [1.807, 2.05) is 6.33 Å². The maximum Gasteiger partial charge on any atom is 0.419 e. The molecule has 8 heteroatoms. The average molecular weight is 251 g/mol. The van der Waals surface area contributed by atoms with E-state index in [0.717, 1.165) is 0 Å². The standard InChI is InChI=1S/C9H4F5N2O/c10-5-4(9(12,13)14)3(1-17)7-8(6(5)11)16-2-15-7/h17H,1H2,(H,15,16). The summed E-state index contributed by atoms with van der Waals surface area (Å²) in [5.41, 5.74) is -3.70. The summed E-state index contributed by atoms with van der Waals surface area (Å²) in [4.78, 5) is 5.37. The highest BCUT2D eigenvalue weighted by molar-refractivity contribution is 5.80. The van der Waals surface area contributed by atoms with Gasteiger partial charge in [0.2, 0.25) is 0 Å². The number of fused-ring (bicyclic) bond motifs is 1. The van der Waals surface area contributed by atoms with Crippen molar-refractivity contribution in [2.24, 2.45) is 0 Å². The Morgan fingerprint density at radius 3 is 2.41 bits per heavy atom. The van der Waals surface area contributed by atoms with Crippen molar-refractivity contribution in [1.82, 2.24) is 9.97 Å². The molecule has 1 aromatic carbocycles. The molecular weight excluding hydrogens is 247 g/mol. The molecule has 17 heavy (non-hydrogen) atoms. The van der Waals surface area contributed by atoms with Crippen LogP contribution >= 0.6 is 0 Å². The quantitative estimate of drug-likeness (QED) is 0.763. The minimum Gasteiger partial charge on any atom is -0.392 e. The van der Waals surface area contributed by atoms with E-state index in [-0.39, 0.29) is 0 Å². The van der Waals surface area contributed by atoms with Gasteiger partial charge >= 0.3 is 6.18 Å². The van der Waals surface area contributed by atoms with Gasteiger partial charge in [-0.05, 0) is 0 Å². The zero-order valence-electron chi connectivity index (χ0n) is 7.99. The lowest BCUT2D eigenvalue weighted by molar-refractivity contribution is -0.141. The number of rotatable bonds is 1. The largest absolute Gasteiger partial charge is 0.419 e. The second-order valence-corrected chi connectivity index (χ2v) is 3.21. The maximum absolute atomic E-state index is 13.3. The molecule has 0 atom stereocenters. The second kappa shape index (κ2) is 3.66. The van der Waals surface area contributed by atoms with Crippen LogP contribution in [-0.2, 0) is 12.8 Å². The number of nitrogens with zero attached hydrogens (tertiary/aromatic N) is 1. The first kappa shape index (κ1) is 11.8. The van der Waals surface area contributed by atoms with Crippen LogP contribution in [0.25, 0.3) is 11.0 Å². The van der Waals surface area contributed by atoms with Crippen molar-refractivity contribution in [1.29, 1.82) is 0 Å². The lowest BCUT2D eigenvalue weighted by Gasteiger charge is -2.13. The zero-order chi connectivity index (χ0) is 12.8. The van der Waals surface area contributed by atoms with Gasteiger partial charge in [-0.2, -0.15) is 13.2 Å². The Labute approximate surface area is 90.9 Å². The number of aromatic nitrogens is 2. The normalized spacial score (nSPS) is 12.4. The summed E-state index contributed by atoms with van der Waals surface area (Å²) >= 11 is 0. The third kappa shape index (κ3) is 1.64. The van der Waals surface area contributed by atoms with Crippen molar-refractivity contribution in [3.8, 4) is 0 Å². The molecule has 0 aliphatic rings. The van der Waals surface area contributed by atoms with Crippen LogP contribution in [0.1, 0.15) is 11.1 Å². The Balaban J connectivity index is 2.95. The molecule has 1 heterocycles. The summed E-state index contributed by atoms with van der Waals surface area (Å²) in [6.07, 6.45) is -3.12. The topological polar surface area (TPSA) is 48.9 Å². The molecule has 0 amide bonds. The number of H-pyrrole nitrogens is 1. The van der Waals surface area contributed by atoms with Crippen LogP contribution in [0.2, 0.25) is 0 Å². The van der Waals surface area contributed by atoms with Crippen molar-refractivity contribution < 1.29 is 27.1 Å². The molecule has 0 saturated carbocycles. The van der Waals surface area contributed by atoms with Gasteiger partial charge in [-0.1, -0.05) is 0 Å². The third-order valence-electron chi connectivity index (χ3n) is 2.25. The van der Waals surface area contributed by atoms with Crippen molar-refractivity contribution in [3.05, 3.63) is 29.1 Å². The van der Waals surface area contributed by atoms with E-state index < -0.39 is 46.6 Å². The third-order valence-corrected chi connectivity index (χ3v) is 2.25. The van der Waals surface area contributed by atoms with Gasteiger partial charge in [0.25, 0.3) is 0 Å². The van der Waals surface area contributed by atoms with Gasteiger partial charge in [0.15, 0.2) is 18.0 Å². The Morgan fingerprint density at radius 1 is 1.24 bits per heavy atom. The molecule has 1 aromatic heterocycles. The number of alkyl halides is 3. The highest BCUT2D eigenvalue weighted by Gasteiger charge is 2.40. The number of aromatic amines is 1. The van der Waals surface area contributed by atoms with Crippen LogP contribution in [0.15, 0.2) is 0 Å². The van der Waals surface area contributed by atoms with Gasteiger partial charge in [-0.25, -0.2) is 13.8 Å². The highest BCUT2D eigenvalue weighted by Crippen LogP contribution is 2.38. The second-order valence-electron chi connectivity index (χ2n) is 3.21. The molecule has 0 saturated heterocycles. The number of imidazole rings is 1. The molecule has 0 fully saturated rings. The molecule has 0 aliphatic carbocycles. The number of hydrogen-bond donors (Lipinski definition) is 2. The van der Waals surface area contributed by atoms with Crippen LogP contribution < -0.4 is 0 Å². The van der Waals surface area contributed by atoms with Crippen molar-refractivity contribution in [2.75, 3.05) is 0 Å². The fraction of sp³-hybridized carbons (Fsp3) is 0.222. The van der Waals surface area contributed by atoms with Crippen molar-refractivity contribution in [2.45, 2.75) is 12.8 Å². The molecule has 2 aromatic rings. The molecular formula is C9H4F5N2O. The Morgan fingerprint density at radius 2 is 1.88 bits per heavy atom. The molecule has 0 bridgehead atoms. The van der Waals surface area contributed by atoms with Crippen LogP contribution in [0.3, 0.4) is 0 Å². The summed E-state index contributed by atoms with van der Waals surface area (Å²) in [6, 6.07) is 0. The first-order chi connectivity index (χ1) is 7.88. The lowest BCUT2D eigenvalue weighted by atomic mass is 10.0. The van der Waals surface area contributed by atoms with Crippen molar-refractivity contribution in [3.63, 3.8) is 0 Å². The predicted molar refractivity (Wildman–Crippen MR) is 45.8 cm³/mol. The molecule has 0 aliphatic heterocycles. The number of aliphatic hydroxyl groups excluding tert-OH is 1. The van der Waals surface area contributed by atoms with Gasteiger partial charge in [0.05, 0.1) is 12.1 Å². The number of hydrogen-bond acceptors (Lipinski definition) is 2. The molecule has 2 rings (SSSR count).